The van der Waals surface area contributed by atoms with Gasteiger partial charge in [0, 0.05) is 35.2 Å². The average Bonchev–Trinajstić information content (AvgIpc) is 3.22. The highest BCUT2D eigenvalue weighted by molar-refractivity contribution is 7.99. The van der Waals surface area contributed by atoms with Crippen molar-refractivity contribution in [3.05, 3.63) is 89.7 Å². The molecule has 0 atom stereocenters. The third kappa shape index (κ3) is 4.69. The molecule has 0 saturated heterocycles. The van der Waals surface area contributed by atoms with Crippen LogP contribution in [0.25, 0.3) is 17.1 Å². The number of pyridine rings is 1. The number of para-hydroxylation sites is 1. The molecule has 2 heterocycles. The van der Waals surface area contributed by atoms with Gasteiger partial charge in [-0.05, 0) is 35.9 Å². The quantitative estimate of drug-likeness (QED) is 0.436. The summed E-state index contributed by atoms with van der Waals surface area (Å²) in [5.41, 5.74) is 2.65. The highest BCUT2D eigenvalue weighted by Gasteiger charge is 2.17. The van der Waals surface area contributed by atoms with Crippen LogP contribution >= 0.6 is 23.4 Å². The van der Waals surface area contributed by atoms with E-state index in [0.717, 1.165) is 16.8 Å². The maximum atomic E-state index is 12.4. The van der Waals surface area contributed by atoms with Gasteiger partial charge >= 0.3 is 0 Å². The smallest absolute Gasteiger partial charge is 0.230 e. The molecule has 2 aromatic carbocycles. The summed E-state index contributed by atoms with van der Waals surface area (Å²) in [6.07, 6.45) is 3.46. The first-order valence-corrected chi connectivity index (χ1v) is 10.6. The Labute approximate surface area is 183 Å². The number of halogens is 1. The zero-order valence-corrected chi connectivity index (χ0v) is 17.5. The molecule has 4 aromatic rings. The molecular formula is C22H18ClN5OS. The predicted molar refractivity (Wildman–Crippen MR) is 119 cm³/mol. The predicted octanol–water partition coefficient (Wildman–Crippen LogP) is 4.39. The molecule has 150 valence electrons. The number of amides is 1. The number of carbonyl (C=O) groups is 1. The number of carbonyl (C=O) groups excluding carboxylic acids is 1. The number of thioether (sulfide) groups is 1. The van der Waals surface area contributed by atoms with Gasteiger partial charge in [0.25, 0.3) is 0 Å². The molecule has 0 radical (unpaired) electrons. The summed E-state index contributed by atoms with van der Waals surface area (Å²) in [7, 11) is 0. The maximum absolute atomic E-state index is 12.4. The van der Waals surface area contributed by atoms with Crippen LogP contribution in [0.1, 0.15) is 5.56 Å². The maximum Gasteiger partial charge on any atom is 0.230 e. The Morgan fingerprint density at radius 2 is 1.80 bits per heavy atom. The standard InChI is InChI=1S/C22H18ClN5OS/c23-19-11-5-4-7-16(19)14-25-20(29)15-30-22-27-26-21(17-8-6-12-24-13-17)28(22)18-9-2-1-3-10-18/h1-13H,14-15H2,(H,25,29). The number of benzene rings is 2. The highest BCUT2D eigenvalue weighted by Crippen LogP contribution is 2.27. The summed E-state index contributed by atoms with van der Waals surface area (Å²) < 4.78 is 1.93. The van der Waals surface area contributed by atoms with Crippen LogP contribution in [0.4, 0.5) is 0 Å². The molecule has 0 aliphatic carbocycles. The lowest BCUT2D eigenvalue weighted by molar-refractivity contribution is -0.118. The van der Waals surface area contributed by atoms with Crippen molar-refractivity contribution in [2.75, 3.05) is 5.75 Å². The molecule has 30 heavy (non-hydrogen) atoms. The third-order valence-electron chi connectivity index (χ3n) is 4.33. The number of rotatable bonds is 7. The fraction of sp³-hybridized carbons (Fsp3) is 0.0909. The normalized spacial score (nSPS) is 10.7. The number of hydrogen-bond acceptors (Lipinski definition) is 5. The van der Waals surface area contributed by atoms with Crippen molar-refractivity contribution in [3.63, 3.8) is 0 Å². The zero-order chi connectivity index (χ0) is 20.8. The fourth-order valence-electron chi connectivity index (χ4n) is 2.87. The summed E-state index contributed by atoms with van der Waals surface area (Å²) in [5, 5.41) is 12.8. The first-order chi connectivity index (χ1) is 14.7. The summed E-state index contributed by atoms with van der Waals surface area (Å²) in [6, 6.07) is 21.0. The molecule has 0 saturated carbocycles. The fourth-order valence-corrected chi connectivity index (χ4v) is 3.86. The first kappa shape index (κ1) is 20.1. The summed E-state index contributed by atoms with van der Waals surface area (Å²) in [6.45, 7) is 0.380. The third-order valence-corrected chi connectivity index (χ3v) is 5.63. The zero-order valence-electron chi connectivity index (χ0n) is 15.9. The second-order valence-electron chi connectivity index (χ2n) is 6.38. The Hall–Kier alpha value is -3.16. The SMILES string of the molecule is O=C(CSc1nnc(-c2cccnc2)n1-c1ccccc1)NCc1ccccc1Cl. The molecule has 0 aliphatic rings. The van der Waals surface area contributed by atoms with Gasteiger partial charge < -0.3 is 5.32 Å². The van der Waals surface area contributed by atoms with Crippen molar-refractivity contribution in [1.29, 1.82) is 0 Å². The van der Waals surface area contributed by atoms with Gasteiger partial charge in [-0.25, -0.2) is 0 Å². The second-order valence-corrected chi connectivity index (χ2v) is 7.73. The lowest BCUT2D eigenvalue weighted by Crippen LogP contribution is -2.24. The van der Waals surface area contributed by atoms with Crippen LogP contribution in [0, 0.1) is 0 Å². The molecule has 1 amide bonds. The van der Waals surface area contributed by atoms with E-state index in [9.17, 15) is 4.79 Å². The molecule has 1 N–H and O–H groups in total. The van der Waals surface area contributed by atoms with E-state index in [2.05, 4.69) is 20.5 Å². The summed E-state index contributed by atoms with van der Waals surface area (Å²) in [4.78, 5) is 16.6. The molecule has 0 unspecified atom stereocenters. The monoisotopic (exact) mass is 435 g/mol. The van der Waals surface area contributed by atoms with Gasteiger partial charge in [-0.3, -0.25) is 14.3 Å². The van der Waals surface area contributed by atoms with Crippen LogP contribution in [-0.4, -0.2) is 31.4 Å². The van der Waals surface area contributed by atoms with Crippen molar-refractivity contribution in [3.8, 4) is 17.1 Å². The minimum atomic E-state index is -0.106. The summed E-state index contributed by atoms with van der Waals surface area (Å²) >= 11 is 7.48. The molecular weight excluding hydrogens is 418 g/mol. The molecule has 0 bridgehead atoms. The Bertz CT molecular complexity index is 1130. The number of aromatic nitrogens is 4. The van der Waals surface area contributed by atoms with Gasteiger partial charge in [-0.2, -0.15) is 0 Å². The molecule has 0 aliphatic heterocycles. The van der Waals surface area contributed by atoms with Crippen molar-refractivity contribution >= 4 is 29.3 Å². The number of hydrogen-bond donors (Lipinski definition) is 1. The van der Waals surface area contributed by atoms with Crippen molar-refractivity contribution in [1.82, 2.24) is 25.1 Å². The Balaban J connectivity index is 1.51. The topological polar surface area (TPSA) is 72.7 Å². The largest absolute Gasteiger partial charge is 0.351 e. The lowest BCUT2D eigenvalue weighted by atomic mass is 10.2. The van der Waals surface area contributed by atoms with Gasteiger partial charge in [0.1, 0.15) is 0 Å². The Morgan fingerprint density at radius 3 is 2.57 bits per heavy atom. The van der Waals surface area contributed by atoms with E-state index < -0.39 is 0 Å². The Morgan fingerprint density at radius 1 is 1.00 bits per heavy atom. The second kappa shape index (κ2) is 9.56. The van der Waals surface area contributed by atoms with Crippen LogP contribution in [-0.2, 0) is 11.3 Å². The van der Waals surface area contributed by atoms with Crippen molar-refractivity contribution in [2.24, 2.45) is 0 Å². The van der Waals surface area contributed by atoms with Crippen molar-refractivity contribution < 1.29 is 4.79 Å². The van der Waals surface area contributed by atoms with E-state index in [1.54, 1.807) is 18.5 Å². The number of nitrogens with zero attached hydrogens (tertiary/aromatic N) is 4. The summed E-state index contributed by atoms with van der Waals surface area (Å²) in [5.74, 6) is 0.779. The lowest BCUT2D eigenvalue weighted by Gasteiger charge is -2.10. The van der Waals surface area contributed by atoms with Crippen LogP contribution in [0.2, 0.25) is 5.02 Å². The van der Waals surface area contributed by atoms with Gasteiger partial charge in [0.15, 0.2) is 11.0 Å². The van der Waals surface area contributed by atoms with E-state index >= 15 is 0 Å². The molecule has 8 heteroatoms. The van der Waals surface area contributed by atoms with Crippen LogP contribution in [0.3, 0.4) is 0 Å². The van der Waals surface area contributed by atoms with Crippen LogP contribution in [0.15, 0.2) is 84.3 Å². The number of nitrogens with one attached hydrogen (secondary N) is 1. The van der Waals surface area contributed by atoms with Gasteiger partial charge in [-0.1, -0.05) is 59.8 Å². The Kier molecular flexibility index (Phi) is 6.41. The van der Waals surface area contributed by atoms with Gasteiger partial charge in [-0.15, -0.1) is 10.2 Å². The van der Waals surface area contributed by atoms with E-state index in [0.29, 0.717) is 22.5 Å². The average molecular weight is 436 g/mol. The molecule has 4 rings (SSSR count). The van der Waals surface area contributed by atoms with E-state index in [1.165, 1.54) is 11.8 Å². The minimum absolute atomic E-state index is 0.106. The van der Waals surface area contributed by atoms with E-state index in [-0.39, 0.29) is 11.7 Å². The van der Waals surface area contributed by atoms with E-state index in [4.69, 9.17) is 11.6 Å². The molecule has 0 fully saturated rings. The van der Waals surface area contributed by atoms with Crippen LogP contribution < -0.4 is 5.32 Å². The molecule has 0 spiro atoms. The van der Waals surface area contributed by atoms with Gasteiger partial charge in [0.2, 0.25) is 5.91 Å². The minimum Gasteiger partial charge on any atom is -0.351 e. The van der Waals surface area contributed by atoms with Crippen LogP contribution in [0.5, 0.6) is 0 Å². The molecule has 2 aromatic heterocycles. The molecule has 6 nitrogen and oxygen atoms in total. The van der Waals surface area contributed by atoms with E-state index in [1.807, 2.05) is 65.2 Å². The highest BCUT2D eigenvalue weighted by atomic mass is 35.5. The first-order valence-electron chi connectivity index (χ1n) is 9.26. The van der Waals surface area contributed by atoms with Gasteiger partial charge in [0.05, 0.1) is 5.75 Å². The van der Waals surface area contributed by atoms with Crippen molar-refractivity contribution in [2.45, 2.75) is 11.7 Å².